The van der Waals surface area contributed by atoms with Crippen LogP contribution in [-0.4, -0.2) is 44.4 Å². The summed E-state index contributed by atoms with van der Waals surface area (Å²) in [6.07, 6.45) is 1.80. The Kier molecular flexibility index (Phi) is 5.60. The first-order valence-electron chi connectivity index (χ1n) is 11.8. The van der Waals surface area contributed by atoms with Crippen molar-refractivity contribution in [2.24, 2.45) is 18.9 Å². The molecule has 5 rings (SSSR count). The minimum atomic E-state index is -0.340. The summed E-state index contributed by atoms with van der Waals surface area (Å²) in [4.78, 5) is 33.8. The molecule has 1 N–H and O–H groups in total. The van der Waals surface area contributed by atoms with Gasteiger partial charge >= 0.3 is 5.69 Å². The second kappa shape index (κ2) is 8.44. The van der Waals surface area contributed by atoms with Crippen LogP contribution in [0.4, 0.5) is 10.3 Å². The number of aryl methyl sites for hydroxylation is 1. The highest BCUT2D eigenvalue weighted by atomic mass is 19.1. The van der Waals surface area contributed by atoms with Crippen molar-refractivity contribution in [2.45, 2.75) is 45.8 Å². The number of halogens is 1. The van der Waals surface area contributed by atoms with Gasteiger partial charge in [-0.05, 0) is 42.4 Å². The first kappa shape index (κ1) is 21.9. The van der Waals surface area contributed by atoms with Gasteiger partial charge in [-0.3, -0.25) is 18.5 Å². The average Bonchev–Trinajstić information content (AvgIpc) is 3.48. The van der Waals surface area contributed by atoms with Crippen LogP contribution in [0.2, 0.25) is 0 Å². The van der Waals surface area contributed by atoms with Crippen LogP contribution in [0.3, 0.4) is 0 Å². The van der Waals surface area contributed by atoms with Gasteiger partial charge in [-0.15, -0.1) is 0 Å². The molecule has 33 heavy (non-hydrogen) atoms. The molecule has 1 aromatic carbocycles. The Morgan fingerprint density at radius 2 is 1.91 bits per heavy atom. The van der Waals surface area contributed by atoms with Gasteiger partial charge in [-0.25, -0.2) is 9.18 Å². The normalized spacial score (nSPS) is 20.3. The smallest absolute Gasteiger partial charge is 0.332 e. The maximum Gasteiger partial charge on any atom is 0.332 e. The maximum atomic E-state index is 13.6. The van der Waals surface area contributed by atoms with Gasteiger partial charge in [0, 0.05) is 39.3 Å². The second-order valence-electron chi connectivity index (χ2n) is 9.75. The van der Waals surface area contributed by atoms with E-state index in [9.17, 15) is 14.0 Å². The number of hydrogen-bond donors (Lipinski definition) is 1. The van der Waals surface area contributed by atoms with E-state index >= 15 is 0 Å². The maximum absolute atomic E-state index is 13.6. The zero-order valence-corrected chi connectivity index (χ0v) is 19.4. The number of imidazole rings is 1. The van der Waals surface area contributed by atoms with Gasteiger partial charge in [0.25, 0.3) is 5.56 Å². The fourth-order valence-electron chi connectivity index (χ4n) is 5.18. The SMILES string of the molecule is CC(C)CCn1c(=O)c2c(nc(N3CCC4CNCC43)n2Cc2ccc(F)cc2)n(C)c1=O. The van der Waals surface area contributed by atoms with Crippen molar-refractivity contribution in [1.82, 2.24) is 24.0 Å². The Bertz CT molecular complexity index is 1290. The molecule has 0 saturated carbocycles. The minimum absolute atomic E-state index is 0.299. The molecular formula is C24H31FN6O2. The number of hydrogen-bond acceptors (Lipinski definition) is 5. The van der Waals surface area contributed by atoms with E-state index in [1.165, 1.54) is 21.3 Å². The Labute approximate surface area is 191 Å². The zero-order chi connectivity index (χ0) is 23.3. The van der Waals surface area contributed by atoms with Crippen molar-refractivity contribution >= 4 is 17.1 Å². The fraction of sp³-hybridized carbons (Fsp3) is 0.542. The highest BCUT2D eigenvalue weighted by molar-refractivity contribution is 5.75. The van der Waals surface area contributed by atoms with Crippen LogP contribution >= 0.6 is 0 Å². The molecule has 2 aliphatic heterocycles. The van der Waals surface area contributed by atoms with Crippen molar-refractivity contribution in [2.75, 3.05) is 24.5 Å². The number of aromatic nitrogens is 4. The van der Waals surface area contributed by atoms with Crippen LogP contribution in [0.1, 0.15) is 32.3 Å². The first-order chi connectivity index (χ1) is 15.8. The molecule has 3 aromatic rings. The molecule has 2 atom stereocenters. The van der Waals surface area contributed by atoms with Crippen molar-refractivity contribution in [3.63, 3.8) is 0 Å². The van der Waals surface area contributed by atoms with E-state index in [2.05, 4.69) is 24.1 Å². The van der Waals surface area contributed by atoms with Gasteiger partial charge in [0.05, 0.1) is 6.54 Å². The van der Waals surface area contributed by atoms with Gasteiger partial charge in [0.1, 0.15) is 5.82 Å². The van der Waals surface area contributed by atoms with Crippen molar-refractivity contribution in [3.8, 4) is 0 Å². The van der Waals surface area contributed by atoms with Crippen LogP contribution in [0, 0.1) is 17.7 Å². The molecule has 176 valence electrons. The van der Waals surface area contributed by atoms with Crippen molar-refractivity contribution in [1.29, 1.82) is 0 Å². The highest BCUT2D eigenvalue weighted by Gasteiger charge is 2.40. The Balaban J connectivity index is 1.70. The summed E-state index contributed by atoms with van der Waals surface area (Å²) in [7, 11) is 1.68. The van der Waals surface area contributed by atoms with Crippen LogP contribution < -0.4 is 21.5 Å². The van der Waals surface area contributed by atoms with Crippen LogP contribution in [-0.2, 0) is 20.1 Å². The quantitative estimate of drug-likeness (QED) is 0.616. The number of fused-ring (bicyclic) bond motifs is 2. The van der Waals surface area contributed by atoms with E-state index in [1.807, 2.05) is 4.57 Å². The van der Waals surface area contributed by atoms with Crippen LogP contribution in [0.25, 0.3) is 11.2 Å². The van der Waals surface area contributed by atoms with Crippen molar-refractivity contribution < 1.29 is 4.39 Å². The van der Waals surface area contributed by atoms with Gasteiger partial charge in [0.2, 0.25) is 5.95 Å². The van der Waals surface area contributed by atoms with Gasteiger partial charge in [-0.2, -0.15) is 4.98 Å². The molecule has 0 radical (unpaired) electrons. The summed E-state index contributed by atoms with van der Waals surface area (Å²) in [6.45, 7) is 7.62. The Morgan fingerprint density at radius 3 is 2.64 bits per heavy atom. The van der Waals surface area contributed by atoms with E-state index in [1.54, 1.807) is 19.2 Å². The van der Waals surface area contributed by atoms with Gasteiger partial charge in [0.15, 0.2) is 11.2 Å². The standard InChI is InChI=1S/C24H31FN6O2/c1-15(2)8-10-30-22(32)20-21(28(3)24(30)33)27-23(29-11-9-17-12-26-13-19(17)29)31(20)14-16-4-6-18(25)7-5-16/h4-7,15,17,19,26H,8-14H2,1-3H3. The molecule has 9 heteroatoms. The van der Waals surface area contributed by atoms with Crippen molar-refractivity contribution in [3.05, 3.63) is 56.5 Å². The summed E-state index contributed by atoms with van der Waals surface area (Å²) >= 11 is 0. The second-order valence-corrected chi connectivity index (χ2v) is 9.75. The van der Waals surface area contributed by atoms with Crippen LogP contribution in [0.15, 0.2) is 33.9 Å². The Morgan fingerprint density at radius 1 is 1.15 bits per heavy atom. The lowest BCUT2D eigenvalue weighted by molar-refractivity contribution is 0.487. The third kappa shape index (κ3) is 3.78. The van der Waals surface area contributed by atoms with Crippen LogP contribution in [0.5, 0.6) is 0 Å². The monoisotopic (exact) mass is 454 g/mol. The number of nitrogens with zero attached hydrogens (tertiary/aromatic N) is 5. The third-order valence-corrected chi connectivity index (χ3v) is 7.10. The summed E-state index contributed by atoms with van der Waals surface area (Å²) in [5, 5.41) is 3.46. The highest BCUT2D eigenvalue weighted by Crippen LogP contribution is 2.33. The predicted molar refractivity (Wildman–Crippen MR) is 126 cm³/mol. The van der Waals surface area contributed by atoms with E-state index in [0.717, 1.165) is 38.0 Å². The number of nitrogens with one attached hydrogen (secondary N) is 1. The molecule has 2 saturated heterocycles. The van der Waals surface area contributed by atoms with E-state index in [-0.39, 0.29) is 17.1 Å². The van der Waals surface area contributed by atoms with E-state index in [0.29, 0.717) is 48.1 Å². The third-order valence-electron chi connectivity index (χ3n) is 7.10. The predicted octanol–water partition coefficient (Wildman–Crippen LogP) is 1.93. The molecular weight excluding hydrogens is 423 g/mol. The lowest BCUT2D eigenvalue weighted by Gasteiger charge is -2.25. The topological polar surface area (TPSA) is 77.1 Å². The van der Waals surface area contributed by atoms with E-state index in [4.69, 9.17) is 4.98 Å². The lowest BCUT2D eigenvalue weighted by atomic mass is 10.1. The summed E-state index contributed by atoms with van der Waals surface area (Å²) < 4.78 is 18.3. The largest absolute Gasteiger partial charge is 0.338 e. The molecule has 2 unspecified atom stereocenters. The number of anilines is 1. The molecule has 2 fully saturated rings. The number of rotatable bonds is 6. The lowest BCUT2D eigenvalue weighted by Crippen LogP contribution is -2.40. The van der Waals surface area contributed by atoms with Gasteiger partial charge in [-0.1, -0.05) is 26.0 Å². The zero-order valence-electron chi connectivity index (χ0n) is 19.4. The molecule has 2 aliphatic rings. The molecule has 2 aromatic heterocycles. The average molecular weight is 455 g/mol. The fourth-order valence-corrected chi connectivity index (χ4v) is 5.18. The molecule has 4 heterocycles. The summed E-state index contributed by atoms with van der Waals surface area (Å²) in [6, 6.07) is 6.63. The Hall–Kier alpha value is -2.94. The van der Waals surface area contributed by atoms with Gasteiger partial charge < -0.3 is 10.2 Å². The summed E-state index contributed by atoms with van der Waals surface area (Å²) in [5.74, 6) is 1.33. The molecule has 0 aliphatic carbocycles. The number of benzene rings is 1. The first-order valence-corrected chi connectivity index (χ1v) is 11.8. The molecule has 0 spiro atoms. The summed E-state index contributed by atoms with van der Waals surface area (Å²) in [5.41, 5.74) is 1.05. The molecule has 8 nitrogen and oxygen atoms in total. The molecule has 0 bridgehead atoms. The van der Waals surface area contributed by atoms with E-state index < -0.39 is 0 Å². The molecule has 0 amide bonds. The minimum Gasteiger partial charge on any atom is -0.338 e.